The number of ether oxygens (including phenoxy) is 4. The van der Waals surface area contributed by atoms with Crippen LogP contribution in [0.3, 0.4) is 0 Å². The first-order chi connectivity index (χ1) is 16.9. The molecule has 0 spiro atoms. The number of likely N-dealkylation sites (N-methyl/N-ethyl adjacent to an activating group) is 1. The number of hydrogen-bond acceptors (Lipinski definition) is 8. The summed E-state index contributed by atoms with van der Waals surface area (Å²) in [6.45, 7) is 5.08. The van der Waals surface area contributed by atoms with Crippen molar-refractivity contribution < 1.29 is 28.5 Å². The maximum atomic E-state index is 13.3. The van der Waals surface area contributed by atoms with E-state index in [4.69, 9.17) is 18.9 Å². The number of piperazine rings is 1. The van der Waals surface area contributed by atoms with Crippen molar-refractivity contribution in [2.75, 3.05) is 80.1 Å². The maximum absolute atomic E-state index is 13.3. The van der Waals surface area contributed by atoms with Gasteiger partial charge in [-0.1, -0.05) is 0 Å². The molecule has 1 aliphatic heterocycles. The lowest BCUT2D eigenvalue weighted by molar-refractivity contribution is 0.0938. The van der Waals surface area contributed by atoms with Crippen LogP contribution in [0.5, 0.6) is 23.0 Å². The second-order valence-electron chi connectivity index (χ2n) is 8.15. The Balaban J connectivity index is 1.85. The molecule has 190 valence electrons. The van der Waals surface area contributed by atoms with Gasteiger partial charge >= 0.3 is 0 Å². The Morgan fingerprint density at radius 3 is 2.09 bits per heavy atom. The van der Waals surface area contributed by atoms with Crippen LogP contribution in [0, 0.1) is 0 Å². The average molecular weight is 487 g/mol. The van der Waals surface area contributed by atoms with Crippen molar-refractivity contribution in [3.05, 3.63) is 41.5 Å². The molecule has 1 fully saturated rings. The van der Waals surface area contributed by atoms with Crippen LogP contribution >= 0.6 is 0 Å². The molecule has 0 aliphatic carbocycles. The summed E-state index contributed by atoms with van der Waals surface area (Å²) in [4.78, 5) is 30.9. The molecule has 10 nitrogen and oxygen atoms in total. The van der Waals surface area contributed by atoms with Gasteiger partial charge in [0.15, 0.2) is 11.5 Å². The second kappa shape index (κ2) is 12.3. The lowest BCUT2D eigenvalue weighted by Crippen LogP contribution is -2.47. The van der Waals surface area contributed by atoms with Crippen molar-refractivity contribution in [3.8, 4) is 23.0 Å². The molecule has 35 heavy (non-hydrogen) atoms. The van der Waals surface area contributed by atoms with Crippen LogP contribution in [0.4, 0.5) is 5.69 Å². The Morgan fingerprint density at radius 1 is 0.857 bits per heavy atom. The van der Waals surface area contributed by atoms with Crippen molar-refractivity contribution in [1.82, 2.24) is 15.1 Å². The van der Waals surface area contributed by atoms with E-state index in [1.165, 1.54) is 21.3 Å². The van der Waals surface area contributed by atoms with E-state index in [9.17, 15) is 9.59 Å². The Hall–Kier alpha value is -3.50. The van der Waals surface area contributed by atoms with Gasteiger partial charge in [0.1, 0.15) is 11.3 Å². The molecule has 2 aromatic rings. The summed E-state index contributed by atoms with van der Waals surface area (Å²) in [5.41, 5.74) is 0.809. The SMILES string of the molecule is COc1ccc(C(=O)Nc2cc(OC)c(OC)c(OC)c2C(=O)NCCN2CCN(C)CC2)cc1. The van der Waals surface area contributed by atoms with Crippen molar-refractivity contribution in [1.29, 1.82) is 0 Å². The highest BCUT2D eigenvalue weighted by molar-refractivity contribution is 6.11. The number of amides is 2. The molecule has 2 aromatic carbocycles. The van der Waals surface area contributed by atoms with E-state index in [2.05, 4.69) is 27.5 Å². The number of rotatable bonds is 10. The standard InChI is InChI=1S/C25H34N4O6/c1-28-12-14-29(15-13-28)11-10-26-25(31)21-19(16-20(33-3)22(34-4)23(21)35-5)27-24(30)17-6-8-18(32-2)9-7-17/h6-9,16H,10-15H2,1-5H3,(H,26,31)(H,27,30). The monoisotopic (exact) mass is 486 g/mol. The van der Waals surface area contributed by atoms with E-state index < -0.39 is 5.91 Å². The predicted molar refractivity (Wildman–Crippen MR) is 133 cm³/mol. The number of benzene rings is 2. The fraction of sp³-hybridized carbons (Fsp3) is 0.440. The third kappa shape index (κ3) is 6.34. The van der Waals surface area contributed by atoms with E-state index in [1.54, 1.807) is 37.4 Å². The van der Waals surface area contributed by atoms with Crippen molar-refractivity contribution in [3.63, 3.8) is 0 Å². The first-order valence-electron chi connectivity index (χ1n) is 11.4. The van der Waals surface area contributed by atoms with Crippen molar-refractivity contribution in [2.24, 2.45) is 0 Å². The summed E-state index contributed by atoms with van der Waals surface area (Å²) in [6.07, 6.45) is 0. The fourth-order valence-corrected chi connectivity index (χ4v) is 3.90. The molecular formula is C25H34N4O6. The van der Waals surface area contributed by atoms with E-state index in [0.717, 1.165) is 32.7 Å². The molecule has 2 amide bonds. The highest BCUT2D eigenvalue weighted by atomic mass is 16.5. The minimum atomic E-state index is -0.395. The van der Waals surface area contributed by atoms with E-state index in [0.29, 0.717) is 23.6 Å². The number of carbonyl (C=O) groups is 2. The van der Waals surface area contributed by atoms with Crippen LogP contribution in [0.15, 0.2) is 30.3 Å². The Kier molecular flexibility index (Phi) is 9.16. The number of anilines is 1. The predicted octanol–water partition coefficient (Wildman–Crippen LogP) is 1.95. The average Bonchev–Trinajstić information content (AvgIpc) is 2.88. The molecular weight excluding hydrogens is 452 g/mol. The first kappa shape index (κ1) is 26.1. The third-order valence-corrected chi connectivity index (χ3v) is 5.97. The molecule has 1 saturated heterocycles. The number of nitrogens with zero attached hydrogens (tertiary/aromatic N) is 2. The van der Waals surface area contributed by atoms with Crippen LogP contribution in [-0.2, 0) is 0 Å². The summed E-state index contributed by atoms with van der Waals surface area (Å²) in [5, 5.41) is 5.77. The Labute approximate surface area is 206 Å². The van der Waals surface area contributed by atoms with Gasteiger partial charge in [0, 0.05) is 50.9 Å². The second-order valence-corrected chi connectivity index (χ2v) is 8.15. The zero-order chi connectivity index (χ0) is 25.4. The molecule has 1 aliphatic rings. The van der Waals surface area contributed by atoms with Crippen LogP contribution in [0.25, 0.3) is 0 Å². The summed E-state index contributed by atoms with van der Waals surface area (Å²) >= 11 is 0. The molecule has 10 heteroatoms. The van der Waals surface area contributed by atoms with E-state index in [-0.39, 0.29) is 28.7 Å². The van der Waals surface area contributed by atoms with Gasteiger partial charge in [0.05, 0.1) is 34.1 Å². The maximum Gasteiger partial charge on any atom is 0.257 e. The summed E-state index contributed by atoms with van der Waals surface area (Å²) in [7, 11) is 8.03. The largest absolute Gasteiger partial charge is 0.497 e. The minimum Gasteiger partial charge on any atom is -0.497 e. The van der Waals surface area contributed by atoms with E-state index in [1.807, 2.05) is 0 Å². The highest BCUT2D eigenvalue weighted by Gasteiger charge is 2.27. The molecule has 0 atom stereocenters. The fourth-order valence-electron chi connectivity index (χ4n) is 3.90. The lowest BCUT2D eigenvalue weighted by atomic mass is 10.1. The van der Waals surface area contributed by atoms with Gasteiger partial charge in [0.25, 0.3) is 11.8 Å². The van der Waals surface area contributed by atoms with Gasteiger partial charge in [-0.25, -0.2) is 0 Å². The molecule has 3 rings (SSSR count). The van der Waals surface area contributed by atoms with Gasteiger partial charge in [-0.05, 0) is 31.3 Å². The summed E-state index contributed by atoms with van der Waals surface area (Å²) < 4.78 is 21.6. The molecule has 2 N–H and O–H groups in total. The molecule has 0 saturated carbocycles. The molecule has 1 heterocycles. The summed E-state index contributed by atoms with van der Waals surface area (Å²) in [6, 6.07) is 8.22. The normalized spacial score (nSPS) is 14.2. The quantitative estimate of drug-likeness (QED) is 0.526. The first-order valence-corrected chi connectivity index (χ1v) is 11.4. The zero-order valence-corrected chi connectivity index (χ0v) is 21.0. The topological polar surface area (TPSA) is 102 Å². The van der Waals surface area contributed by atoms with Crippen LogP contribution < -0.4 is 29.6 Å². The van der Waals surface area contributed by atoms with Gasteiger partial charge in [0.2, 0.25) is 5.75 Å². The van der Waals surface area contributed by atoms with Gasteiger partial charge < -0.3 is 34.5 Å². The van der Waals surface area contributed by atoms with Crippen LogP contribution in [0.2, 0.25) is 0 Å². The van der Waals surface area contributed by atoms with Gasteiger partial charge in [-0.15, -0.1) is 0 Å². The van der Waals surface area contributed by atoms with Crippen LogP contribution in [-0.4, -0.2) is 96.4 Å². The Bertz CT molecular complexity index is 1020. The third-order valence-electron chi connectivity index (χ3n) is 5.97. The number of methoxy groups -OCH3 is 4. The number of nitrogens with one attached hydrogen (secondary N) is 2. The number of hydrogen-bond donors (Lipinski definition) is 2. The Morgan fingerprint density at radius 2 is 1.51 bits per heavy atom. The zero-order valence-electron chi connectivity index (χ0n) is 21.0. The minimum absolute atomic E-state index is 0.158. The van der Waals surface area contributed by atoms with Crippen molar-refractivity contribution in [2.45, 2.75) is 0 Å². The van der Waals surface area contributed by atoms with Gasteiger partial charge in [-0.3, -0.25) is 14.5 Å². The summed E-state index contributed by atoms with van der Waals surface area (Å²) in [5.74, 6) is 0.615. The molecule has 0 radical (unpaired) electrons. The van der Waals surface area contributed by atoms with Crippen LogP contribution in [0.1, 0.15) is 20.7 Å². The van der Waals surface area contributed by atoms with E-state index >= 15 is 0 Å². The molecule has 0 aromatic heterocycles. The highest BCUT2D eigenvalue weighted by Crippen LogP contribution is 2.44. The van der Waals surface area contributed by atoms with Crippen molar-refractivity contribution >= 4 is 17.5 Å². The lowest BCUT2D eigenvalue weighted by Gasteiger charge is -2.32. The number of carbonyl (C=O) groups excluding carboxylic acids is 2. The molecule has 0 bridgehead atoms. The van der Waals surface area contributed by atoms with Gasteiger partial charge in [-0.2, -0.15) is 0 Å². The molecule has 0 unspecified atom stereocenters. The smallest absolute Gasteiger partial charge is 0.257 e.